The van der Waals surface area contributed by atoms with Gasteiger partial charge in [0.2, 0.25) is 10.0 Å². The minimum atomic E-state index is -3.68. The number of amides is 1. The molecule has 0 spiro atoms. The number of aryl methyl sites for hydroxylation is 1. The number of sulfonamides is 1. The third-order valence-corrected chi connectivity index (χ3v) is 4.73. The second-order valence-electron chi connectivity index (χ2n) is 5.76. The summed E-state index contributed by atoms with van der Waals surface area (Å²) < 4.78 is 24.6. The molecule has 1 aromatic heterocycles. The van der Waals surface area contributed by atoms with E-state index in [1.54, 1.807) is 31.1 Å². The van der Waals surface area contributed by atoms with Gasteiger partial charge in [0.05, 0.1) is 10.5 Å². The van der Waals surface area contributed by atoms with Gasteiger partial charge in [-0.05, 0) is 37.6 Å². The van der Waals surface area contributed by atoms with Crippen LogP contribution in [-0.4, -0.2) is 37.9 Å². The molecule has 124 valence electrons. The number of hydrogen-bond donors (Lipinski definition) is 1. The fourth-order valence-electron chi connectivity index (χ4n) is 2.47. The van der Waals surface area contributed by atoms with Crippen molar-refractivity contribution in [1.82, 2.24) is 9.47 Å². The molecule has 7 heteroatoms. The van der Waals surface area contributed by atoms with Crippen LogP contribution in [0.1, 0.15) is 27.3 Å². The highest BCUT2D eigenvalue weighted by atomic mass is 32.2. The predicted octanol–water partition coefficient (Wildman–Crippen LogP) is 1.50. The maximum atomic E-state index is 12.2. The molecule has 1 heterocycles. The van der Waals surface area contributed by atoms with E-state index in [0.29, 0.717) is 12.1 Å². The maximum absolute atomic E-state index is 12.2. The lowest BCUT2D eigenvalue weighted by molar-refractivity contribution is 0.0827. The van der Waals surface area contributed by atoms with Gasteiger partial charge in [0.15, 0.2) is 0 Å². The molecule has 23 heavy (non-hydrogen) atoms. The van der Waals surface area contributed by atoms with E-state index in [-0.39, 0.29) is 10.8 Å². The van der Waals surface area contributed by atoms with Gasteiger partial charge >= 0.3 is 0 Å². The number of aromatic nitrogens is 1. The van der Waals surface area contributed by atoms with Crippen molar-refractivity contribution in [2.24, 2.45) is 5.14 Å². The average molecular weight is 335 g/mol. The largest absolute Gasteiger partial charge is 0.345 e. The van der Waals surface area contributed by atoms with Gasteiger partial charge in [0.1, 0.15) is 0 Å². The van der Waals surface area contributed by atoms with Crippen molar-refractivity contribution in [3.63, 3.8) is 0 Å². The van der Waals surface area contributed by atoms with Crippen LogP contribution in [0.2, 0.25) is 0 Å². The van der Waals surface area contributed by atoms with Crippen LogP contribution in [-0.2, 0) is 16.6 Å². The van der Waals surface area contributed by atoms with Gasteiger partial charge in [-0.2, -0.15) is 0 Å². The van der Waals surface area contributed by atoms with Crippen LogP contribution < -0.4 is 5.14 Å². The summed E-state index contributed by atoms with van der Waals surface area (Å²) in [7, 11) is -0.237. The lowest BCUT2D eigenvalue weighted by atomic mass is 10.2. The van der Waals surface area contributed by atoms with Crippen LogP contribution >= 0.6 is 0 Å². The van der Waals surface area contributed by atoms with E-state index in [2.05, 4.69) is 0 Å². The molecule has 0 aliphatic carbocycles. The van der Waals surface area contributed by atoms with E-state index in [1.165, 1.54) is 12.1 Å². The van der Waals surface area contributed by atoms with Crippen LogP contribution in [0.4, 0.5) is 0 Å². The van der Waals surface area contributed by atoms with E-state index in [1.807, 2.05) is 24.5 Å². The Morgan fingerprint density at radius 1 is 1.17 bits per heavy atom. The number of carbonyl (C=O) groups is 1. The Kier molecular flexibility index (Phi) is 4.63. The number of carbonyl (C=O) groups excluding carboxylic acids is 1. The molecular weight excluding hydrogens is 314 g/mol. The number of nitrogens with two attached hydrogens (primary N) is 1. The second kappa shape index (κ2) is 6.17. The van der Waals surface area contributed by atoms with Crippen molar-refractivity contribution in [3.05, 3.63) is 52.8 Å². The van der Waals surface area contributed by atoms with Gasteiger partial charge in [0, 0.05) is 32.0 Å². The average Bonchev–Trinajstić information content (AvgIpc) is 2.74. The van der Waals surface area contributed by atoms with Gasteiger partial charge in [-0.3, -0.25) is 4.79 Å². The molecule has 0 aliphatic rings. The van der Waals surface area contributed by atoms with Crippen molar-refractivity contribution in [2.75, 3.05) is 14.1 Å². The molecule has 2 N–H and O–H groups in total. The molecular formula is C16H21N3O3S. The highest BCUT2D eigenvalue weighted by Crippen LogP contribution is 2.19. The Bertz CT molecular complexity index is 834. The van der Waals surface area contributed by atoms with Crippen molar-refractivity contribution < 1.29 is 13.2 Å². The summed E-state index contributed by atoms with van der Waals surface area (Å²) in [6.45, 7) is 4.41. The molecule has 2 rings (SSSR count). The minimum Gasteiger partial charge on any atom is -0.345 e. The summed E-state index contributed by atoms with van der Waals surface area (Å²) >= 11 is 0. The smallest absolute Gasteiger partial charge is 0.255 e. The maximum Gasteiger partial charge on any atom is 0.255 e. The Labute approximate surface area is 136 Å². The molecule has 0 bridgehead atoms. The van der Waals surface area contributed by atoms with E-state index in [9.17, 15) is 13.2 Å². The summed E-state index contributed by atoms with van der Waals surface area (Å²) in [6, 6.07) is 8.31. The normalized spacial score (nSPS) is 11.5. The highest BCUT2D eigenvalue weighted by molar-refractivity contribution is 7.89. The Morgan fingerprint density at radius 3 is 2.22 bits per heavy atom. The molecule has 1 amide bonds. The molecule has 0 unspecified atom stereocenters. The lowest BCUT2D eigenvalue weighted by Gasteiger charge is -2.12. The van der Waals surface area contributed by atoms with E-state index in [4.69, 9.17) is 5.14 Å². The van der Waals surface area contributed by atoms with Crippen molar-refractivity contribution in [1.29, 1.82) is 0 Å². The van der Waals surface area contributed by atoms with Gasteiger partial charge in [-0.15, -0.1) is 0 Å². The molecule has 0 radical (unpaired) electrons. The zero-order chi connectivity index (χ0) is 17.4. The number of hydrogen-bond acceptors (Lipinski definition) is 3. The lowest BCUT2D eigenvalue weighted by Crippen LogP contribution is -2.22. The van der Waals surface area contributed by atoms with Crippen LogP contribution in [0.15, 0.2) is 35.2 Å². The van der Waals surface area contributed by atoms with E-state index >= 15 is 0 Å². The summed E-state index contributed by atoms with van der Waals surface area (Å²) in [5, 5.41) is 5.10. The third kappa shape index (κ3) is 3.62. The zero-order valence-corrected chi connectivity index (χ0v) is 14.5. The molecule has 1 aromatic carbocycles. The highest BCUT2D eigenvalue weighted by Gasteiger charge is 2.17. The van der Waals surface area contributed by atoms with Crippen molar-refractivity contribution in [3.8, 4) is 0 Å². The molecule has 0 saturated heterocycles. The third-order valence-electron chi connectivity index (χ3n) is 3.80. The van der Waals surface area contributed by atoms with Gasteiger partial charge in [0.25, 0.3) is 5.91 Å². The van der Waals surface area contributed by atoms with Crippen molar-refractivity contribution in [2.45, 2.75) is 25.3 Å². The molecule has 0 aliphatic heterocycles. The Balaban J connectivity index is 2.32. The minimum absolute atomic E-state index is 0.0334. The first-order chi connectivity index (χ1) is 10.6. The topological polar surface area (TPSA) is 85.4 Å². The van der Waals surface area contributed by atoms with Crippen LogP contribution in [0.5, 0.6) is 0 Å². The quantitative estimate of drug-likeness (QED) is 0.919. The van der Waals surface area contributed by atoms with Crippen LogP contribution in [0, 0.1) is 13.8 Å². The molecule has 6 nitrogen and oxygen atoms in total. The summed E-state index contributed by atoms with van der Waals surface area (Å²) in [4.78, 5) is 13.8. The Morgan fingerprint density at radius 2 is 1.74 bits per heavy atom. The molecule has 0 saturated carbocycles. The number of rotatable bonds is 4. The number of benzene rings is 1. The van der Waals surface area contributed by atoms with Crippen LogP contribution in [0.3, 0.4) is 0 Å². The van der Waals surface area contributed by atoms with Crippen molar-refractivity contribution >= 4 is 15.9 Å². The summed E-state index contributed by atoms with van der Waals surface area (Å²) in [6.07, 6.45) is 0. The first kappa shape index (κ1) is 17.2. The zero-order valence-electron chi connectivity index (χ0n) is 13.7. The fourth-order valence-corrected chi connectivity index (χ4v) is 2.98. The molecule has 2 aromatic rings. The van der Waals surface area contributed by atoms with E-state index in [0.717, 1.165) is 17.0 Å². The van der Waals surface area contributed by atoms with Gasteiger partial charge in [-0.1, -0.05) is 12.1 Å². The van der Waals surface area contributed by atoms with Crippen LogP contribution in [0.25, 0.3) is 0 Å². The second-order valence-corrected chi connectivity index (χ2v) is 7.32. The molecule has 0 atom stereocenters. The number of nitrogens with zero attached hydrogens (tertiary/aromatic N) is 2. The Hall–Kier alpha value is -2.12. The van der Waals surface area contributed by atoms with E-state index < -0.39 is 10.0 Å². The van der Waals surface area contributed by atoms with Gasteiger partial charge in [-0.25, -0.2) is 13.6 Å². The molecule has 0 fully saturated rings. The predicted molar refractivity (Wildman–Crippen MR) is 88.8 cm³/mol. The fraction of sp³-hybridized carbons (Fsp3) is 0.312. The summed E-state index contributed by atoms with van der Waals surface area (Å²) in [5.41, 5.74) is 3.47. The standard InChI is InChI=1S/C16H21N3O3S/c1-11-9-15(16(20)18(3)4)12(2)19(11)10-13-5-7-14(8-6-13)23(17,21)22/h5-9H,10H2,1-4H3,(H2,17,21,22). The first-order valence-corrected chi connectivity index (χ1v) is 8.66. The SMILES string of the molecule is Cc1cc(C(=O)N(C)C)c(C)n1Cc1ccc(S(N)(=O)=O)cc1. The number of primary sulfonamides is 1. The summed E-state index contributed by atoms with van der Waals surface area (Å²) in [5.74, 6) is -0.0334. The first-order valence-electron chi connectivity index (χ1n) is 7.11. The van der Waals surface area contributed by atoms with Gasteiger partial charge < -0.3 is 9.47 Å². The monoisotopic (exact) mass is 335 g/mol.